The van der Waals surface area contributed by atoms with Crippen molar-refractivity contribution in [3.63, 3.8) is 0 Å². The summed E-state index contributed by atoms with van der Waals surface area (Å²) in [5, 5.41) is 9.21. The van der Waals surface area contributed by atoms with E-state index in [1.54, 1.807) is 0 Å². The Kier molecular flexibility index (Phi) is 4.78. The fraction of sp³-hybridized carbons (Fsp3) is 0.500. The zero-order chi connectivity index (χ0) is 13.0. The number of aryl methyl sites for hydroxylation is 1. The number of halogens is 1. The van der Waals surface area contributed by atoms with E-state index in [1.807, 2.05) is 29.2 Å². The molecule has 0 radical (unpaired) electrons. The van der Waals surface area contributed by atoms with Crippen LogP contribution in [0.3, 0.4) is 0 Å². The second-order valence-electron chi connectivity index (χ2n) is 4.70. The standard InChI is InChI=1S/C14H18BrNO2/c15-12-4-1-3-11(9-12)6-7-14(18)16-8-2-5-13(16)10-17/h1,3-4,9,13,17H,2,5-8,10H2/t13-/m0/s1. The summed E-state index contributed by atoms with van der Waals surface area (Å²) in [6, 6.07) is 8.08. The Bertz CT molecular complexity index is 422. The molecule has 0 saturated carbocycles. The molecular weight excluding hydrogens is 294 g/mol. The molecule has 4 heteroatoms. The molecule has 1 amide bonds. The average molecular weight is 312 g/mol. The number of benzene rings is 1. The van der Waals surface area contributed by atoms with Gasteiger partial charge in [-0.05, 0) is 37.0 Å². The number of amides is 1. The van der Waals surface area contributed by atoms with Gasteiger partial charge < -0.3 is 10.0 Å². The summed E-state index contributed by atoms with van der Waals surface area (Å²) >= 11 is 3.43. The van der Waals surface area contributed by atoms with Crippen molar-refractivity contribution in [2.45, 2.75) is 31.7 Å². The van der Waals surface area contributed by atoms with Crippen LogP contribution in [-0.4, -0.2) is 35.1 Å². The lowest BCUT2D eigenvalue weighted by molar-refractivity contribution is -0.132. The van der Waals surface area contributed by atoms with Crippen LogP contribution in [0.15, 0.2) is 28.7 Å². The van der Waals surface area contributed by atoms with E-state index in [9.17, 15) is 9.90 Å². The first-order valence-electron chi connectivity index (χ1n) is 6.35. The molecule has 1 fully saturated rings. The van der Waals surface area contributed by atoms with Crippen LogP contribution in [0.25, 0.3) is 0 Å². The first-order valence-corrected chi connectivity index (χ1v) is 7.15. The number of hydrogen-bond acceptors (Lipinski definition) is 2. The van der Waals surface area contributed by atoms with E-state index in [0.717, 1.165) is 35.8 Å². The molecule has 18 heavy (non-hydrogen) atoms. The highest BCUT2D eigenvalue weighted by atomic mass is 79.9. The minimum absolute atomic E-state index is 0.0417. The van der Waals surface area contributed by atoms with Gasteiger partial charge in [-0.2, -0.15) is 0 Å². The highest BCUT2D eigenvalue weighted by Gasteiger charge is 2.27. The Morgan fingerprint density at radius 1 is 1.50 bits per heavy atom. The molecule has 3 nitrogen and oxygen atoms in total. The number of carbonyl (C=O) groups excluding carboxylic acids is 1. The molecule has 1 aliphatic heterocycles. The van der Waals surface area contributed by atoms with Crippen molar-refractivity contribution in [2.75, 3.05) is 13.2 Å². The largest absolute Gasteiger partial charge is 0.394 e. The lowest BCUT2D eigenvalue weighted by atomic mass is 10.1. The van der Waals surface area contributed by atoms with Crippen LogP contribution in [0, 0.1) is 0 Å². The van der Waals surface area contributed by atoms with Crippen molar-refractivity contribution in [3.05, 3.63) is 34.3 Å². The van der Waals surface area contributed by atoms with Crippen LogP contribution in [0.5, 0.6) is 0 Å². The highest BCUT2D eigenvalue weighted by molar-refractivity contribution is 9.10. The summed E-state index contributed by atoms with van der Waals surface area (Å²) in [7, 11) is 0. The zero-order valence-corrected chi connectivity index (χ0v) is 11.9. The average Bonchev–Trinajstić information content (AvgIpc) is 2.84. The minimum atomic E-state index is 0.0417. The normalized spacial score (nSPS) is 19.2. The molecule has 2 rings (SSSR count). The van der Waals surface area contributed by atoms with E-state index >= 15 is 0 Å². The predicted molar refractivity (Wildman–Crippen MR) is 74.3 cm³/mol. The second kappa shape index (κ2) is 6.34. The van der Waals surface area contributed by atoms with Crippen molar-refractivity contribution in [2.24, 2.45) is 0 Å². The number of carbonyl (C=O) groups is 1. The van der Waals surface area contributed by atoms with Gasteiger partial charge in [0.1, 0.15) is 0 Å². The van der Waals surface area contributed by atoms with Crippen molar-refractivity contribution < 1.29 is 9.90 Å². The van der Waals surface area contributed by atoms with Gasteiger partial charge in [-0.1, -0.05) is 28.1 Å². The maximum absolute atomic E-state index is 12.1. The molecule has 0 spiro atoms. The van der Waals surface area contributed by atoms with Gasteiger partial charge in [0.2, 0.25) is 5.91 Å². The Balaban J connectivity index is 1.88. The second-order valence-corrected chi connectivity index (χ2v) is 5.61. The quantitative estimate of drug-likeness (QED) is 0.927. The maximum atomic E-state index is 12.1. The minimum Gasteiger partial charge on any atom is -0.394 e. The first-order chi connectivity index (χ1) is 8.70. The third kappa shape index (κ3) is 3.33. The summed E-state index contributed by atoms with van der Waals surface area (Å²) in [5.74, 6) is 0.159. The van der Waals surface area contributed by atoms with E-state index < -0.39 is 0 Å². The van der Waals surface area contributed by atoms with Crippen molar-refractivity contribution in [1.82, 2.24) is 4.90 Å². The van der Waals surface area contributed by atoms with Gasteiger partial charge in [-0.25, -0.2) is 0 Å². The summed E-state index contributed by atoms with van der Waals surface area (Å²) in [5.41, 5.74) is 1.16. The van der Waals surface area contributed by atoms with Crippen molar-refractivity contribution in [1.29, 1.82) is 0 Å². The summed E-state index contributed by atoms with van der Waals surface area (Å²) in [6.07, 6.45) is 3.22. The molecular formula is C14H18BrNO2. The highest BCUT2D eigenvalue weighted by Crippen LogP contribution is 2.19. The van der Waals surface area contributed by atoms with Gasteiger partial charge in [0.05, 0.1) is 12.6 Å². The number of nitrogens with zero attached hydrogens (tertiary/aromatic N) is 1. The van der Waals surface area contributed by atoms with E-state index in [-0.39, 0.29) is 18.6 Å². The Morgan fingerprint density at radius 2 is 2.33 bits per heavy atom. The monoisotopic (exact) mass is 311 g/mol. The topological polar surface area (TPSA) is 40.5 Å². The third-order valence-electron chi connectivity index (χ3n) is 3.42. The number of rotatable bonds is 4. The molecule has 1 aromatic carbocycles. The fourth-order valence-corrected chi connectivity index (χ4v) is 2.89. The SMILES string of the molecule is O=C(CCc1cccc(Br)c1)N1CCC[C@H]1CO. The van der Waals surface area contributed by atoms with Crippen LogP contribution in [0.2, 0.25) is 0 Å². The Morgan fingerprint density at radius 3 is 3.06 bits per heavy atom. The van der Waals surface area contributed by atoms with E-state index in [0.29, 0.717) is 6.42 Å². The lowest BCUT2D eigenvalue weighted by Crippen LogP contribution is -2.37. The molecule has 1 saturated heterocycles. The van der Waals surface area contributed by atoms with E-state index in [4.69, 9.17) is 0 Å². The number of likely N-dealkylation sites (tertiary alicyclic amines) is 1. The van der Waals surface area contributed by atoms with Gasteiger partial charge in [0.25, 0.3) is 0 Å². The van der Waals surface area contributed by atoms with Gasteiger partial charge in [0.15, 0.2) is 0 Å². The molecule has 98 valence electrons. The van der Waals surface area contributed by atoms with Gasteiger partial charge in [-0.3, -0.25) is 4.79 Å². The van der Waals surface area contributed by atoms with E-state index in [1.165, 1.54) is 0 Å². The molecule has 0 aromatic heterocycles. The first kappa shape index (κ1) is 13.6. The fourth-order valence-electron chi connectivity index (χ4n) is 2.44. The lowest BCUT2D eigenvalue weighted by Gasteiger charge is -2.23. The summed E-state index contributed by atoms with van der Waals surface area (Å²) < 4.78 is 1.04. The zero-order valence-electron chi connectivity index (χ0n) is 10.3. The molecule has 1 atom stereocenters. The molecule has 1 heterocycles. The van der Waals surface area contributed by atoms with Crippen LogP contribution in [-0.2, 0) is 11.2 Å². The van der Waals surface area contributed by atoms with Crippen LogP contribution < -0.4 is 0 Å². The van der Waals surface area contributed by atoms with Gasteiger partial charge in [-0.15, -0.1) is 0 Å². The molecule has 1 aromatic rings. The van der Waals surface area contributed by atoms with Gasteiger partial charge in [0, 0.05) is 17.4 Å². The summed E-state index contributed by atoms with van der Waals surface area (Å²) in [4.78, 5) is 13.9. The van der Waals surface area contributed by atoms with Crippen LogP contribution in [0.1, 0.15) is 24.8 Å². The molecule has 0 unspecified atom stereocenters. The van der Waals surface area contributed by atoms with E-state index in [2.05, 4.69) is 15.9 Å². The van der Waals surface area contributed by atoms with Crippen molar-refractivity contribution >= 4 is 21.8 Å². The smallest absolute Gasteiger partial charge is 0.223 e. The van der Waals surface area contributed by atoms with Gasteiger partial charge >= 0.3 is 0 Å². The summed E-state index contributed by atoms with van der Waals surface area (Å²) in [6.45, 7) is 0.880. The predicted octanol–water partition coefficient (Wildman–Crippen LogP) is 2.37. The third-order valence-corrected chi connectivity index (χ3v) is 3.92. The molecule has 0 aliphatic carbocycles. The number of aliphatic hydroxyl groups excluding tert-OH is 1. The number of hydrogen-bond donors (Lipinski definition) is 1. The number of aliphatic hydroxyl groups is 1. The molecule has 1 N–H and O–H groups in total. The molecule has 0 bridgehead atoms. The Labute approximate surface area is 116 Å². The molecule has 1 aliphatic rings. The van der Waals surface area contributed by atoms with Crippen LogP contribution in [0.4, 0.5) is 0 Å². The van der Waals surface area contributed by atoms with Crippen molar-refractivity contribution in [3.8, 4) is 0 Å². The van der Waals surface area contributed by atoms with Crippen LogP contribution >= 0.6 is 15.9 Å². The maximum Gasteiger partial charge on any atom is 0.223 e. The Hall–Kier alpha value is -0.870.